The van der Waals surface area contributed by atoms with Gasteiger partial charge in [-0.1, -0.05) is 19.9 Å². The van der Waals surface area contributed by atoms with E-state index in [0.717, 1.165) is 12.0 Å². The Bertz CT molecular complexity index is 350. The van der Waals surface area contributed by atoms with Crippen molar-refractivity contribution < 1.29 is 0 Å². The van der Waals surface area contributed by atoms with E-state index in [4.69, 9.17) is 0 Å². The molecule has 2 heteroatoms. The van der Waals surface area contributed by atoms with E-state index in [2.05, 4.69) is 13.8 Å². The summed E-state index contributed by atoms with van der Waals surface area (Å²) in [4.78, 5) is 11.9. The lowest BCUT2D eigenvalue weighted by Gasteiger charge is -2.12. The van der Waals surface area contributed by atoms with Crippen molar-refractivity contribution in [1.29, 1.82) is 0 Å². The fourth-order valence-corrected chi connectivity index (χ4v) is 1.56. The Balaban J connectivity index is 3.08. The molecular formula is C12H19NO. The molecule has 0 N–H and O–H groups in total. The summed E-state index contributed by atoms with van der Waals surface area (Å²) in [5.74, 6) is 0.533. The van der Waals surface area contributed by atoms with Crippen LogP contribution in [0.3, 0.4) is 0 Å². The fraction of sp³-hybridized carbons (Fsp3) is 0.583. The second-order valence-electron chi connectivity index (χ2n) is 4.44. The summed E-state index contributed by atoms with van der Waals surface area (Å²) < 4.78 is 1.79. The average Bonchev–Trinajstić information content (AvgIpc) is 2.07. The van der Waals surface area contributed by atoms with Crippen molar-refractivity contribution in [3.63, 3.8) is 0 Å². The Hall–Kier alpha value is -1.05. The van der Waals surface area contributed by atoms with Gasteiger partial charge in [0, 0.05) is 17.8 Å². The van der Waals surface area contributed by atoms with Gasteiger partial charge in [0.15, 0.2) is 0 Å². The van der Waals surface area contributed by atoms with E-state index in [1.165, 1.54) is 0 Å². The minimum atomic E-state index is 0.163. The van der Waals surface area contributed by atoms with Crippen LogP contribution in [0.4, 0.5) is 0 Å². The molecule has 0 unspecified atom stereocenters. The molecule has 0 fully saturated rings. The molecule has 14 heavy (non-hydrogen) atoms. The van der Waals surface area contributed by atoms with Crippen LogP contribution in [0.5, 0.6) is 0 Å². The first kappa shape index (κ1) is 11.0. The van der Waals surface area contributed by atoms with Gasteiger partial charge < -0.3 is 4.57 Å². The van der Waals surface area contributed by atoms with E-state index in [0.29, 0.717) is 5.92 Å². The molecule has 1 heterocycles. The third kappa shape index (κ3) is 2.47. The lowest BCUT2D eigenvalue weighted by molar-refractivity contribution is 0.562. The molecule has 1 aromatic heterocycles. The number of hydrogen-bond acceptors (Lipinski definition) is 1. The molecule has 0 amide bonds. The zero-order valence-electron chi connectivity index (χ0n) is 9.45. The Kier molecular flexibility index (Phi) is 3.50. The van der Waals surface area contributed by atoms with Crippen LogP contribution in [-0.4, -0.2) is 4.57 Å². The molecular weight excluding hydrogens is 174 g/mol. The van der Waals surface area contributed by atoms with Crippen LogP contribution in [0, 0.1) is 5.92 Å². The Labute approximate surface area is 85.6 Å². The highest BCUT2D eigenvalue weighted by atomic mass is 16.1. The standard InChI is InChI=1S/C12H19NO/c1-9(2)8-11-6-5-7-13(10(3)4)12(11)14/h5-7,9-10H,8H2,1-4H3. The Morgan fingerprint density at radius 3 is 2.43 bits per heavy atom. The molecule has 0 aromatic carbocycles. The summed E-state index contributed by atoms with van der Waals surface area (Å²) in [6, 6.07) is 4.13. The zero-order chi connectivity index (χ0) is 10.7. The maximum atomic E-state index is 11.9. The van der Waals surface area contributed by atoms with Crippen molar-refractivity contribution >= 4 is 0 Å². The first-order valence-corrected chi connectivity index (χ1v) is 5.22. The van der Waals surface area contributed by atoms with E-state index in [1.807, 2.05) is 32.2 Å². The zero-order valence-corrected chi connectivity index (χ0v) is 9.45. The Morgan fingerprint density at radius 2 is 1.93 bits per heavy atom. The number of pyridine rings is 1. The SMILES string of the molecule is CC(C)Cc1cccn(C(C)C)c1=O. The lowest BCUT2D eigenvalue weighted by Crippen LogP contribution is -2.25. The summed E-state index contributed by atoms with van der Waals surface area (Å²) >= 11 is 0. The molecule has 0 saturated heterocycles. The number of nitrogens with zero attached hydrogens (tertiary/aromatic N) is 1. The molecule has 1 rings (SSSR count). The van der Waals surface area contributed by atoms with Crippen LogP contribution in [0.2, 0.25) is 0 Å². The highest BCUT2D eigenvalue weighted by Gasteiger charge is 2.06. The van der Waals surface area contributed by atoms with Crippen molar-refractivity contribution in [2.75, 3.05) is 0 Å². The third-order valence-corrected chi connectivity index (χ3v) is 2.24. The summed E-state index contributed by atoms with van der Waals surface area (Å²) in [6.07, 6.45) is 2.73. The van der Waals surface area contributed by atoms with E-state index < -0.39 is 0 Å². The highest BCUT2D eigenvalue weighted by Crippen LogP contribution is 2.05. The molecule has 0 spiro atoms. The van der Waals surface area contributed by atoms with Gasteiger partial charge in [-0.2, -0.15) is 0 Å². The molecule has 1 aromatic rings. The van der Waals surface area contributed by atoms with Crippen LogP contribution < -0.4 is 5.56 Å². The molecule has 78 valence electrons. The van der Waals surface area contributed by atoms with E-state index in [1.54, 1.807) is 4.57 Å². The van der Waals surface area contributed by atoms with Crippen molar-refractivity contribution in [2.24, 2.45) is 5.92 Å². The van der Waals surface area contributed by atoms with Gasteiger partial charge in [0.2, 0.25) is 0 Å². The minimum Gasteiger partial charge on any atom is -0.313 e. The predicted octanol–water partition coefficient (Wildman–Crippen LogP) is 2.63. The fourth-order valence-electron chi connectivity index (χ4n) is 1.56. The summed E-state index contributed by atoms with van der Waals surface area (Å²) in [5.41, 5.74) is 1.09. The van der Waals surface area contributed by atoms with Gasteiger partial charge in [0.1, 0.15) is 0 Å². The van der Waals surface area contributed by atoms with Gasteiger partial charge in [-0.05, 0) is 32.3 Å². The first-order valence-electron chi connectivity index (χ1n) is 5.22. The van der Waals surface area contributed by atoms with E-state index in [9.17, 15) is 4.79 Å². The van der Waals surface area contributed by atoms with E-state index >= 15 is 0 Å². The first-order chi connectivity index (χ1) is 6.52. The van der Waals surface area contributed by atoms with Crippen molar-refractivity contribution in [3.8, 4) is 0 Å². The maximum Gasteiger partial charge on any atom is 0.253 e. The molecule has 0 aliphatic heterocycles. The van der Waals surface area contributed by atoms with Crippen molar-refractivity contribution in [3.05, 3.63) is 34.2 Å². The average molecular weight is 193 g/mol. The number of hydrogen-bond donors (Lipinski definition) is 0. The van der Waals surface area contributed by atoms with Crippen molar-refractivity contribution in [2.45, 2.75) is 40.2 Å². The maximum absolute atomic E-state index is 11.9. The van der Waals surface area contributed by atoms with E-state index in [-0.39, 0.29) is 11.6 Å². The van der Waals surface area contributed by atoms with Gasteiger partial charge >= 0.3 is 0 Å². The van der Waals surface area contributed by atoms with Gasteiger partial charge in [-0.15, -0.1) is 0 Å². The number of aromatic nitrogens is 1. The second kappa shape index (κ2) is 4.45. The number of rotatable bonds is 3. The molecule has 0 saturated carbocycles. The Morgan fingerprint density at radius 1 is 1.29 bits per heavy atom. The molecule has 0 bridgehead atoms. The van der Waals surface area contributed by atoms with Crippen LogP contribution in [0.25, 0.3) is 0 Å². The lowest BCUT2D eigenvalue weighted by atomic mass is 10.0. The summed E-state index contributed by atoms with van der Waals surface area (Å²) in [6.45, 7) is 8.32. The smallest absolute Gasteiger partial charge is 0.253 e. The topological polar surface area (TPSA) is 22.0 Å². The van der Waals surface area contributed by atoms with Crippen LogP contribution in [0.1, 0.15) is 39.3 Å². The molecule has 0 atom stereocenters. The quantitative estimate of drug-likeness (QED) is 0.723. The molecule has 0 aliphatic carbocycles. The second-order valence-corrected chi connectivity index (χ2v) is 4.44. The predicted molar refractivity (Wildman–Crippen MR) is 59.6 cm³/mol. The molecule has 0 radical (unpaired) electrons. The largest absolute Gasteiger partial charge is 0.313 e. The minimum absolute atomic E-state index is 0.163. The van der Waals surface area contributed by atoms with Gasteiger partial charge in [-0.25, -0.2) is 0 Å². The van der Waals surface area contributed by atoms with Crippen LogP contribution in [0.15, 0.2) is 23.1 Å². The monoisotopic (exact) mass is 193 g/mol. The van der Waals surface area contributed by atoms with Crippen LogP contribution in [-0.2, 0) is 6.42 Å². The van der Waals surface area contributed by atoms with Crippen molar-refractivity contribution in [1.82, 2.24) is 4.57 Å². The van der Waals surface area contributed by atoms with Gasteiger partial charge in [-0.3, -0.25) is 4.79 Å². The summed E-state index contributed by atoms with van der Waals surface area (Å²) in [7, 11) is 0. The van der Waals surface area contributed by atoms with Gasteiger partial charge in [0.05, 0.1) is 0 Å². The van der Waals surface area contributed by atoms with Crippen LogP contribution >= 0.6 is 0 Å². The summed E-state index contributed by atoms with van der Waals surface area (Å²) in [5, 5.41) is 0. The molecule has 2 nitrogen and oxygen atoms in total. The third-order valence-electron chi connectivity index (χ3n) is 2.24. The highest BCUT2D eigenvalue weighted by molar-refractivity contribution is 5.11. The van der Waals surface area contributed by atoms with Gasteiger partial charge in [0.25, 0.3) is 5.56 Å². The normalized spacial score (nSPS) is 11.3. The molecule has 0 aliphatic rings.